The molecule has 3 amide bonds. The Kier molecular flexibility index (Phi) is 5.30. The second kappa shape index (κ2) is 7.81. The number of nitrogens with one attached hydrogen (secondary N) is 3. The third-order valence-electron chi connectivity index (χ3n) is 3.88. The molecule has 4 N–H and O–H groups in total. The maximum Gasteiger partial charge on any atom is 0.324 e. The first-order chi connectivity index (χ1) is 13.0. The average Bonchev–Trinajstić information content (AvgIpc) is 3.49. The molecule has 0 atom stereocenters. The quantitative estimate of drug-likeness (QED) is 0.286. The maximum atomic E-state index is 13.2. The average molecular weight is 374 g/mol. The number of nitrogens with zero attached hydrogens (tertiary/aromatic N) is 1. The van der Waals surface area contributed by atoms with Gasteiger partial charge in [-0.1, -0.05) is 5.16 Å². The van der Waals surface area contributed by atoms with Crippen molar-refractivity contribution < 1.29 is 23.6 Å². The van der Waals surface area contributed by atoms with E-state index in [2.05, 4.69) is 21.1 Å². The molecule has 3 rings (SSSR count). The summed E-state index contributed by atoms with van der Waals surface area (Å²) in [5.41, 5.74) is 0.989. The Morgan fingerprint density at radius 1 is 0.963 bits per heavy atom. The molecule has 0 aromatic heterocycles. The van der Waals surface area contributed by atoms with E-state index < -0.39 is 17.7 Å². The van der Waals surface area contributed by atoms with Crippen LogP contribution in [0.4, 0.5) is 25.0 Å². The first-order valence-corrected chi connectivity index (χ1v) is 8.12. The number of amides is 3. The first kappa shape index (κ1) is 18.3. The van der Waals surface area contributed by atoms with Gasteiger partial charge in [0.05, 0.1) is 0 Å². The van der Waals surface area contributed by atoms with E-state index in [0.29, 0.717) is 11.3 Å². The minimum absolute atomic E-state index is 0.0295. The normalized spacial score (nSPS) is 13.8. The molecule has 1 aliphatic carbocycles. The zero-order valence-corrected chi connectivity index (χ0v) is 14.0. The highest BCUT2D eigenvalue weighted by Gasteiger charge is 2.29. The Morgan fingerprint density at radius 2 is 1.63 bits per heavy atom. The van der Waals surface area contributed by atoms with Crippen molar-refractivity contribution in [3.63, 3.8) is 0 Å². The fourth-order valence-corrected chi connectivity index (χ4v) is 2.30. The van der Waals surface area contributed by atoms with E-state index in [-0.39, 0.29) is 23.3 Å². The number of anilines is 2. The number of carbonyl (C=O) groups excluding carboxylic acids is 2. The topological polar surface area (TPSA) is 103 Å². The number of rotatable bonds is 4. The molecular weight excluding hydrogens is 358 g/mol. The molecule has 0 unspecified atom stereocenters. The van der Waals surface area contributed by atoms with Crippen molar-refractivity contribution in [2.75, 3.05) is 10.6 Å². The van der Waals surface area contributed by atoms with Crippen LogP contribution < -0.4 is 16.0 Å². The molecular formula is C18H16F2N4O3. The summed E-state index contributed by atoms with van der Waals surface area (Å²) >= 11 is 0. The van der Waals surface area contributed by atoms with Gasteiger partial charge in [0.25, 0.3) is 0 Å². The molecule has 1 fully saturated rings. The Morgan fingerprint density at radius 3 is 2.22 bits per heavy atom. The molecule has 2 aromatic rings. The summed E-state index contributed by atoms with van der Waals surface area (Å²) in [7, 11) is 0. The number of oxime groups is 1. The van der Waals surface area contributed by atoms with Crippen LogP contribution >= 0.6 is 0 Å². The van der Waals surface area contributed by atoms with Gasteiger partial charge in [-0.2, -0.15) is 0 Å². The molecule has 0 heterocycles. The third kappa shape index (κ3) is 4.78. The highest BCUT2D eigenvalue weighted by atomic mass is 19.2. The molecule has 0 spiro atoms. The zero-order valence-electron chi connectivity index (χ0n) is 14.0. The number of carbonyl (C=O) groups is 2. The number of benzene rings is 2. The van der Waals surface area contributed by atoms with Gasteiger partial charge < -0.3 is 15.8 Å². The Balaban J connectivity index is 1.61. The van der Waals surface area contributed by atoms with Gasteiger partial charge in [0.1, 0.15) is 0 Å². The predicted molar refractivity (Wildman–Crippen MR) is 94.6 cm³/mol. The summed E-state index contributed by atoms with van der Waals surface area (Å²) in [6.45, 7) is 0. The van der Waals surface area contributed by atoms with Gasteiger partial charge in [-0.05, 0) is 49.2 Å². The standard InChI is InChI=1S/C18H16F2N4O3/c19-14-8-7-13(9-15(14)20)22-18(26)23-16(24-27)10-3-5-12(6-4-10)21-17(25)11-1-2-11/h3-9,11,27H,1-2H2,(H,21,25)(H2,22,23,24,26). The minimum atomic E-state index is -1.10. The lowest BCUT2D eigenvalue weighted by Crippen LogP contribution is -2.35. The monoisotopic (exact) mass is 374 g/mol. The third-order valence-corrected chi connectivity index (χ3v) is 3.88. The van der Waals surface area contributed by atoms with E-state index in [9.17, 15) is 18.4 Å². The van der Waals surface area contributed by atoms with Crippen molar-refractivity contribution in [3.05, 3.63) is 59.7 Å². The summed E-state index contributed by atoms with van der Waals surface area (Å²) in [4.78, 5) is 23.7. The van der Waals surface area contributed by atoms with Gasteiger partial charge >= 0.3 is 6.03 Å². The lowest BCUT2D eigenvalue weighted by Gasteiger charge is -2.10. The highest BCUT2D eigenvalue weighted by Crippen LogP contribution is 2.30. The number of amidine groups is 1. The summed E-state index contributed by atoms with van der Waals surface area (Å²) in [5, 5.41) is 19.5. The lowest BCUT2D eigenvalue weighted by molar-refractivity contribution is -0.117. The molecule has 0 bridgehead atoms. The van der Waals surface area contributed by atoms with E-state index in [0.717, 1.165) is 25.0 Å². The molecule has 9 heteroatoms. The molecule has 7 nitrogen and oxygen atoms in total. The molecule has 2 aromatic carbocycles. The van der Waals surface area contributed by atoms with E-state index >= 15 is 0 Å². The van der Waals surface area contributed by atoms with Gasteiger partial charge in [-0.25, -0.2) is 13.6 Å². The summed E-state index contributed by atoms with van der Waals surface area (Å²) in [5.74, 6) is -2.26. The zero-order chi connectivity index (χ0) is 19.4. The fourth-order valence-electron chi connectivity index (χ4n) is 2.30. The van der Waals surface area contributed by atoms with Crippen molar-refractivity contribution in [2.24, 2.45) is 11.1 Å². The number of urea groups is 1. The van der Waals surface area contributed by atoms with E-state index in [1.165, 1.54) is 6.07 Å². The van der Waals surface area contributed by atoms with Crippen LogP contribution in [0.3, 0.4) is 0 Å². The molecule has 140 valence electrons. The predicted octanol–water partition coefficient (Wildman–Crippen LogP) is 3.27. The van der Waals surface area contributed by atoms with Crippen LogP contribution in [-0.2, 0) is 4.79 Å². The highest BCUT2D eigenvalue weighted by molar-refractivity contribution is 6.10. The van der Waals surface area contributed by atoms with Crippen molar-refractivity contribution in [2.45, 2.75) is 12.8 Å². The SMILES string of the molecule is O=C(N/C(=N/O)c1ccc(NC(=O)C2CC2)cc1)Nc1ccc(F)c(F)c1. The molecule has 0 aliphatic heterocycles. The van der Waals surface area contributed by atoms with Crippen molar-refractivity contribution in [1.82, 2.24) is 5.32 Å². The van der Waals surface area contributed by atoms with Crippen LogP contribution in [-0.4, -0.2) is 23.0 Å². The molecule has 1 aliphatic rings. The van der Waals surface area contributed by atoms with E-state index in [4.69, 9.17) is 5.21 Å². The van der Waals surface area contributed by atoms with Crippen molar-refractivity contribution >= 4 is 29.1 Å². The largest absolute Gasteiger partial charge is 0.409 e. The molecule has 1 saturated carbocycles. The number of hydrogen-bond donors (Lipinski definition) is 4. The van der Waals surface area contributed by atoms with Crippen molar-refractivity contribution in [3.8, 4) is 0 Å². The molecule has 27 heavy (non-hydrogen) atoms. The van der Waals surface area contributed by atoms with Crippen LogP contribution in [0.15, 0.2) is 47.6 Å². The maximum absolute atomic E-state index is 13.2. The lowest BCUT2D eigenvalue weighted by atomic mass is 10.2. The Hall–Kier alpha value is -3.49. The van der Waals surface area contributed by atoms with Gasteiger partial charge in [-0.15, -0.1) is 0 Å². The van der Waals surface area contributed by atoms with Gasteiger partial charge in [0.15, 0.2) is 17.5 Å². The second-order valence-corrected chi connectivity index (χ2v) is 6.00. The van der Waals surface area contributed by atoms with Gasteiger partial charge in [-0.3, -0.25) is 10.1 Å². The summed E-state index contributed by atoms with van der Waals surface area (Å²) in [6.07, 6.45) is 1.78. The molecule has 0 saturated heterocycles. The van der Waals surface area contributed by atoms with E-state index in [1.54, 1.807) is 24.3 Å². The van der Waals surface area contributed by atoms with E-state index in [1.807, 2.05) is 0 Å². The Bertz CT molecular complexity index is 896. The molecule has 0 radical (unpaired) electrons. The van der Waals surface area contributed by atoms with Crippen molar-refractivity contribution in [1.29, 1.82) is 0 Å². The Labute approximate surface area is 153 Å². The fraction of sp³-hybridized carbons (Fsp3) is 0.167. The first-order valence-electron chi connectivity index (χ1n) is 8.12. The van der Waals surface area contributed by atoms with Gasteiger partial charge in [0.2, 0.25) is 5.91 Å². The minimum Gasteiger partial charge on any atom is -0.409 e. The summed E-state index contributed by atoms with van der Waals surface area (Å²) in [6, 6.07) is 8.39. The smallest absolute Gasteiger partial charge is 0.324 e. The van der Waals surface area contributed by atoms with Gasteiger partial charge in [0, 0.05) is 28.9 Å². The summed E-state index contributed by atoms with van der Waals surface area (Å²) < 4.78 is 26.1. The number of hydrogen-bond acceptors (Lipinski definition) is 4. The van der Waals surface area contributed by atoms with Crippen LogP contribution in [0.1, 0.15) is 18.4 Å². The second-order valence-electron chi connectivity index (χ2n) is 6.00. The van der Waals surface area contributed by atoms with Crippen LogP contribution in [0, 0.1) is 17.6 Å². The van der Waals surface area contributed by atoms with Crippen LogP contribution in [0.5, 0.6) is 0 Å². The number of halogens is 2. The van der Waals surface area contributed by atoms with Crippen LogP contribution in [0.2, 0.25) is 0 Å². The van der Waals surface area contributed by atoms with Crippen LogP contribution in [0.25, 0.3) is 0 Å².